The van der Waals surface area contributed by atoms with Crippen molar-refractivity contribution in [3.63, 3.8) is 0 Å². The number of hydrogen-bond acceptors (Lipinski definition) is 1. The Balaban J connectivity index is 2.28. The highest BCUT2D eigenvalue weighted by atomic mass is 16.1. The molecular weight excluding hydrogens is 222 g/mol. The third-order valence-corrected chi connectivity index (χ3v) is 3.52. The van der Waals surface area contributed by atoms with E-state index in [1.54, 1.807) is 0 Å². The number of carbonyl (C=O) groups is 1. The van der Waals surface area contributed by atoms with E-state index in [9.17, 15) is 4.79 Å². The first-order chi connectivity index (χ1) is 8.20. The molecule has 1 aromatic carbocycles. The second-order valence-electron chi connectivity index (χ2n) is 6.85. The number of nitrogens with one attached hydrogen (secondary N) is 1. The topological polar surface area (TPSA) is 29.1 Å². The van der Waals surface area contributed by atoms with Gasteiger partial charge < -0.3 is 5.32 Å². The summed E-state index contributed by atoms with van der Waals surface area (Å²) in [5.74, 6) is 0.0247. The van der Waals surface area contributed by atoms with Gasteiger partial charge in [0, 0.05) is 11.1 Å². The van der Waals surface area contributed by atoms with Crippen molar-refractivity contribution in [3.05, 3.63) is 34.9 Å². The van der Waals surface area contributed by atoms with Crippen molar-refractivity contribution >= 4 is 5.91 Å². The molecule has 0 aromatic heterocycles. The average Bonchev–Trinajstić information content (AvgIpc) is 2.94. The van der Waals surface area contributed by atoms with Gasteiger partial charge in [0.1, 0.15) is 0 Å². The van der Waals surface area contributed by atoms with Crippen molar-refractivity contribution in [2.45, 2.75) is 58.4 Å². The molecule has 0 atom stereocenters. The molecule has 2 nitrogen and oxygen atoms in total. The summed E-state index contributed by atoms with van der Waals surface area (Å²) in [4.78, 5) is 12.2. The Hall–Kier alpha value is -1.31. The van der Waals surface area contributed by atoms with Gasteiger partial charge in [-0.25, -0.2) is 0 Å². The van der Waals surface area contributed by atoms with Gasteiger partial charge in [0.25, 0.3) is 5.91 Å². The molecule has 0 heterocycles. The summed E-state index contributed by atoms with van der Waals surface area (Å²) in [6.45, 7) is 10.3. The summed E-state index contributed by atoms with van der Waals surface area (Å²) in [5.41, 5.74) is 3.38. The number of rotatable bonds is 2. The van der Waals surface area contributed by atoms with Crippen LogP contribution in [-0.4, -0.2) is 11.4 Å². The first kappa shape index (κ1) is 13.1. The monoisotopic (exact) mass is 245 g/mol. The fourth-order valence-corrected chi connectivity index (χ4v) is 2.15. The highest BCUT2D eigenvalue weighted by Gasteiger charge is 2.39. The van der Waals surface area contributed by atoms with Crippen LogP contribution in [0.25, 0.3) is 0 Å². The summed E-state index contributed by atoms with van der Waals surface area (Å²) in [6, 6.07) is 6.23. The van der Waals surface area contributed by atoms with Gasteiger partial charge in [-0.05, 0) is 63.6 Å². The van der Waals surface area contributed by atoms with Crippen LogP contribution in [0.1, 0.15) is 62.0 Å². The zero-order chi connectivity index (χ0) is 13.6. The minimum Gasteiger partial charge on any atom is -0.347 e. The normalized spacial score (nSPS) is 17.4. The lowest BCUT2D eigenvalue weighted by atomic mass is 9.94. The Morgan fingerprint density at radius 3 is 2.33 bits per heavy atom. The molecule has 1 fully saturated rings. The van der Waals surface area contributed by atoms with Gasteiger partial charge in [0.15, 0.2) is 0 Å². The van der Waals surface area contributed by atoms with Gasteiger partial charge in [-0.3, -0.25) is 4.79 Å². The van der Waals surface area contributed by atoms with Gasteiger partial charge in [-0.2, -0.15) is 0 Å². The zero-order valence-electron chi connectivity index (χ0n) is 12.1. The largest absolute Gasteiger partial charge is 0.347 e. The lowest BCUT2D eigenvalue weighted by Crippen LogP contribution is -2.40. The predicted octanol–water partition coefficient (Wildman–Crippen LogP) is 3.57. The Morgan fingerprint density at radius 1 is 1.22 bits per heavy atom. The molecule has 1 aromatic rings. The van der Waals surface area contributed by atoms with Crippen LogP contribution in [0.2, 0.25) is 0 Å². The Labute approximate surface area is 110 Å². The maximum Gasteiger partial charge on any atom is 0.251 e. The van der Waals surface area contributed by atoms with E-state index >= 15 is 0 Å². The van der Waals surface area contributed by atoms with Crippen LogP contribution < -0.4 is 5.32 Å². The first-order valence-corrected chi connectivity index (χ1v) is 6.64. The number of hydrogen-bond donors (Lipinski definition) is 1. The molecule has 98 valence electrons. The second kappa shape index (κ2) is 4.11. The van der Waals surface area contributed by atoms with E-state index < -0.39 is 0 Å². The van der Waals surface area contributed by atoms with Crippen molar-refractivity contribution in [3.8, 4) is 0 Å². The van der Waals surface area contributed by atoms with Gasteiger partial charge in [-0.15, -0.1) is 0 Å². The number of benzene rings is 1. The van der Waals surface area contributed by atoms with E-state index in [1.165, 1.54) is 24.0 Å². The zero-order valence-corrected chi connectivity index (χ0v) is 12.1. The quantitative estimate of drug-likeness (QED) is 0.848. The van der Waals surface area contributed by atoms with E-state index in [-0.39, 0.29) is 11.4 Å². The fourth-order valence-electron chi connectivity index (χ4n) is 2.15. The average molecular weight is 245 g/mol. The van der Waals surface area contributed by atoms with Crippen molar-refractivity contribution < 1.29 is 4.79 Å². The van der Waals surface area contributed by atoms with Crippen LogP contribution in [-0.2, 0) is 5.41 Å². The summed E-state index contributed by atoms with van der Waals surface area (Å²) in [7, 11) is 0. The van der Waals surface area contributed by atoms with Crippen molar-refractivity contribution in [2.24, 2.45) is 0 Å². The molecule has 0 radical (unpaired) electrons. The highest BCUT2D eigenvalue weighted by molar-refractivity contribution is 5.95. The molecule has 18 heavy (non-hydrogen) atoms. The summed E-state index contributed by atoms with van der Waals surface area (Å²) < 4.78 is 0. The van der Waals surface area contributed by atoms with Crippen molar-refractivity contribution in [2.75, 3.05) is 0 Å². The van der Waals surface area contributed by atoms with Crippen molar-refractivity contribution in [1.82, 2.24) is 5.32 Å². The molecule has 1 aliphatic rings. The fraction of sp³-hybridized carbons (Fsp3) is 0.562. The summed E-state index contributed by atoms with van der Waals surface area (Å²) >= 11 is 0. The molecular formula is C16H23NO. The van der Waals surface area contributed by atoms with E-state index in [4.69, 9.17) is 0 Å². The van der Waals surface area contributed by atoms with E-state index in [2.05, 4.69) is 31.3 Å². The minimum absolute atomic E-state index is 0.0247. The van der Waals surface area contributed by atoms with Crippen LogP contribution in [0.3, 0.4) is 0 Å². The first-order valence-electron chi connectivity index (χ1n) is 6.64. The maximum absolute atomic E-state index is 12.2. The van der Waals surface area contributed by atoms with E-state index in [0.29, 0.717) is 5.41 Å². The third kappa shape index (κ3) is 2.92. The summed E-state index contributed by atoms with van der Waals surface area (Å²) in [5, 5.41) is 3.02. The minimum atomic E-state index is -0.190. The van der Waals surface area contributed by atoms with Crippen LogP contribution in [0.15, 0.2) is 18.2 Å². The summed E-state index contributed by atoms with van der Waals surface area (Å²) in [6.07, 6.45) is 2.47. The number of amides is 1. The van der Waals surface area contributed by atoms with E-state index in [0.717, 1.165) is 5.56 Å². The maximum atomic E-state index is 12.2. The molecule has 0 spiro atoms. The van der Waals surface area contributed by atoms with Gasteiger partial charge in [0.05, 0.1) is 0 Å². The Morgan fingerprint density at radius 2 is 1.83 bits per heavy atom. The smallest absolute Gasteiger partial charge is 0.251 e. The highest BCUT2D eigenvalue weighted by Crippen LogP contribution is 2.47. The molecule has 0 saturated heterocycles. The molecule has 1 amide bonds. The van der Waals surface area contributed by atoms with Crippen LogP contribution in [0.5, 0.6) is 0 Å². The molecule has 0 unspecified atom stereocenters. The molecule has 1 aliphatic carbocycles. The Bertz CT molecular complexity index is 478. The molecule has 2 rings (SSSR count). The lowest BCUT2D eigenvalue weighted by molar-refractivity contribution is 0.0919. The molecule has 0 aliphatic heterocycles. The van der Waals surface area contributed by atoms with Gasteiger partial charge >= 0.3 is 0 Å². The van der Waals surface area contributed by atoms with E-state index in [1.807, 2.05) is 26.8 Å². The third-order valence-electron chi connectivity index (χ3n) is 3.52. The van der Waals surface area contributed by atoms with Gasteiger partial charge in [0.2, 0.25) is 0 Å². The second-order valence-corrected chi connectivity index (χ2v) is 6.85. The number of carbonyl (C=O) groups excluding carboxylic acids is 1. The molecule has 2 heteroatoms. The van der Waals surface area contributed by atoms with Crippen LogP contribution >= 0.6 is 0 Å². The Kier molecular flexibility index (Phi) is 3.00. The SMILES string of the molecule is Cc1cc(C(=O)NC(C)(C)C)cc(C2(C)CC2)c1. The van der Waals surface area contributed by atoms with Crippen LogP contribution in [0, 0.1) is 6.92 Å². The number of aryl methyl sites for hydroxylation is 1. The lowest BCUT2D eigenvalue weighted by Gasteiger charge is -2.21. The van der Waals surface area contributed by atoms with Crippen molar-refractivity contribution in [1.29, 1.82) is 0 Å². The molecule has 1 N–H and O–H groups in total. The standard InChI is InChI=1S/C16H23NO/c1-11-8-12(14(18)17-15(2,3)4)10-13(9-11)16(5)6-7-16/h8-10H,6-7H2,1-5H3,(H,17,18). The predicted molar refractivity (Wildman–Crippen MR) is 75.0 cm³/mol. The molecule has 0 bridgehead atoms. The van der Waals surface area contributed by atoms with Crippen LogP contribution in [0.4, 0.5) is 0 Å². The van der Waals surface area contributed by atoms with Gasteiger partial charge in [-0.1, -0.05) is 18.6 Å². The molecule has 1 saturated carbocycles.